The Balaban J connectivity index is 0.000000351. The van der Waals surface area contributed by atoms with Gasteiger partial charge in [-0.1, -0.05) is 18.0 Å². The van der Waals surface area contributed by atoms with E-state index in [9.17, 15) is 22.4 Å². The Morgan fingerprint density at radius 1 is 1.38 bits per heavy atom. The number of rotatable bonds is 3. The van der Waals surface area contributed by atoms with Crippen LogP contribution < -0.4 is 5.32 Å². The van der Waals surface area contributed by atoms with Crippen molar-refractivity contribution in [2.24, 2.45) is 0 Å². The topological polar surface area (TPSA) is 78.9 Å². The molecule has 1 amide bonds. The van der Waals surface area contributed by atoms with E-state index in [1.165, 1.54) is 19.3 Å². The number of hydrogen-bond acceptors (Lipinski definition) is 4. The zero-order valence-corrected chi connectivity index (χ0v) is 13.4. The second-order valence-electron chi connectivity index (χ2n) is 5.45. The number of carbonyl (C=O) groups excluding carboxylic acids is 1. The number of alkyl halides is 5. The summed E-state index contributed by atoms with van der Waals surface area (Å²) in [6.07, 6.45) is -1.46. The Labute approximate surface area is 141 Å². The van der Waals surface area contributed by atoms with Gasteiger partial charge in [-0.15, -0.1) is 0 Å². The highest BCUT2D eigenvalue weighted by molar-refractivity contribution is 6.29. The van der Waals surface area contributed by atoms with Crippen LogP contribution in [0.2, 0.25) is 0 Å². The minimum Gasteiger partial charge on any atom is -0.475 e. The number of piperidine rings is 1. The maximum atomic E-state index is 12.4. The third-order valence-electron chi connectivity index (χ3n) is 3.66. The summed E-state index contributed by atoms with van der Waals surface area (Å²) in [5.41, 5.74) is -1.97. The molecule has 140 valence electrons. The highest BCUT2D eigenvalue weighted by Crippen LogP contribution is 2.21. The van der Waals surface area contributed by atoms with E-state index in [0.29, 0.717) is 19.2 Å². The van der Waals surface area contributed by atoms with E-state index >= 15 is 0 Å². The Kier molecular flexibility index (Phi) is 8.17. The molecule has 0 saturated carbocycles. The minimum atomic E-state index is -5.08. The van der Waals surface area contributed by atoms with E-state index in [4.69, 9.17) is 26.2 Å². The van der Waals surface area contributed by atoms with Crippen molar-refractivity contribution in [3.05, 3.63) is 0 Å². The van der Waals surface area contributed by atoms with Gasteiger partial charge in [0.25, 0.3) is 11.5 Å². The molecule has 2 saturated heterocycles. The first kappa shape index (κ1) is 20.9. The van der Waals surface area contributed by atoms with Gasteiger partial charge in [-0.25, -0.2) is 9.18 Å². The van der Waals surface area contributed by atoms with Gasteiger partial charge in [0, 0.05) is 19.1 Å². The Hall–Kier alpha value is -1.13. The van der Waals surface area contributed by atoms with Gasteiger partial charge in [-0.3, -0.25) is 9.69 Å². The molecular weight excluding hydrogens is 360 g/mol. The fourth-order valence-electron chi connectivity index (χ4n) is 2.47. The molecule has 0 radical (unpaired) electrons. The fourth-order valence-corrected chi connectivity index (χ4v) is 2.54. The quantitative estimate of drug-likeness (QED) is 0.575. The molecule has 2 rings (SSSR count). The number of morpholine rings is 1. The van der Waals surface area contributed by atoms with Gasteiger partial charge >= 0.3 is 12.1 Å². The van der Waals surface area contributed by atoms with Crippen LogP contribution in [0.25, 0.3) is 0 Å². The molecule has 2 N–H and O–H groups in total. The Bertz CT molecular complexity index is 437. The van der Waals surface area contributed by atoms with Crippen molar-refractivity contribution >= 4 is 23.5 Å². The smallest absolute Gasteiger partial charge is 0.475 e. The molecule has 2 fully saturated rings. The molecule has 3 atom stereocenters. The molecule has 0 aromatic carbocycles. The van der Waals surface area contributed by atoms with Gasteiger partial charge in [0.15, 0.2) is 0 Å². The van der Waals surface area contributed by atoms with Crippen molar-refractivity contribution in [2.45, 2.75) is 43.2 Å². The zero-order chi connectivity index (χ0) is 18.3. The molecule has 3 unspecified atom stereocenters. The van der Waals surface area contributed by atoms with Crippen LogP contribution in [0.15, 0.2) is 0 Å². The molecule has 0 aliphatic carbocycles. The number of aliphatic carboxylic acids is 1. The molecule has 0 spiro atoms. The van der Waals surface area contributed by atoms with E-state index in [2.05, 4.69) is 10.2 Å². The highest BCUT2D eigenvalue weighted by atomic mass is 35.5. The van der Waals surface area contributed by atoms with E-state index in [0.717, 1.165) is 13.1 Å². The summed E-state index contributed by atoms with van der Waals surface area (Å²) in [5.74, 6) is -3.54. The molecule has 2 aliphatic rings. The van der Waals surface area contributed by atoms with Crippen molar-refractivity contribution < 1.29 is 37.0 Å². The average Bonchev–Trinajstić information content (AvgIpc) is 2.52. The summed E-state index contributed by atoms with van der Waals surface area (Å²) < 4.78 is 49.8. The van der Waals surface area contributed by atoms with E-state index in [1.54, 1.807) is 0 Å². The van der Waals surface area contributed by atoms with Crippen molar-refractivity contribution in [3.8, 4) is 0 Å². The predicted molar refractivity (Wildman–Crippen MR) is 76.4 cm³/mol. The zero-order valence-electron chi connectivity index (χ0n) is 12.7. The van der Waals surface area contributed by atoms with Gasteiger partial charge in [-0.05, 0) is 19.4 Å². The standard InChI is InChI=1S/C11H18ClFN2O2.C2HF3O2/c12-10(13)11(16)14-5-9-6-15-4-2-1-3-8(15)7-17-9;3-2(4,5)1(6)7/h8-10H,1-7H2,(H,14,16);(H,6,7). The summed E-state index contributed by atoms with van der Waals surface area (Å²) >= 11 is 5.03. The van der Waals surface area contributed by atoms with Gasteiger partial charge in [0.05, 0.1) is 12.7 Å². The maximum Gasteiger partial charge on any atom is 0.490 e. The Morgan fingerprint density at radius 3 is 2.54 bits per heavy atom. The van der Waals surface area contributed by atoms with Crippen LogP contribution >= 0.6 is 11.6 Å². The number of nitrogens with one attached hydrogen (secondary N) is 1. The summed E-state index contributed by atoms with van der Waals surface area (Å²) in [5, 5.41) is 9.57. The summed E-state index contributed by atoms with van der Waals surface area (Å²) in [4.78, 5) is 22.3. The van der Waals surface area contributed by atoms with Crippen LogP contribution in [-0.2, 0) is 14.3 Å². The number of halogens is 5. The number of fused-ring (bicyclic) bond motifs is 1. The highest BCUT2D eigenvalue weighted by Gasteiger charge is 2.38. The first-order valence-corrected chi connectivity index (χ1v) is 7.76. The summed E-state index contributed by atoms with van der Waals surface area (Å²) in [7, 11) is 0. The molecule has 2 heterocycles. The molecule has 24 heavy (non-hydrogen) atoms. The number of carboxylic acids is 1. The van der Waals surface area contributed by atoms with Crippen LogP contribution in [-0.4, -0.2) is 72.1 Å². The normalized spacial score (nSPS) is 25.7. The molecule has 6 nitrogen and oxygen atoms in total. The lowest BCUT2D eigenvalue weighted by molar-refractivity contribution is -0.192. The molecule has 11 heteroatoms. The van der Waals surface area contributed by atoms with Crippen LogP contribution in [0, 0.1) is 0 Å². The largest absolute Gasteiger partial charge is 0.490 e. The molecule has 0 aromatic rings. The lowest BCUT2D eigenvalue weighted by Crippen LogP contribution is -2.54. The lowest BCUT2D eigenvalue weighted by atomic mass is 10.0. The van der Waals surface area contributed by atoms with Gasteiger partial charge in [0.1, 0.15) is 0 Å². The van der Waals surface area contributed by atoms with E-state index in [1.807, 2.05) is 0 Å². The molecule has 2 aliphatic heterocycles. The first-order chi connectivity index (χ1) is 11.1. The number of nitrogens with zero attached hydrogens (tertiary/aromatic N) is 1. The summed E-state index contributed by atoms with van der Waals surface area (Å²) in [6, 6.07) is 0.526. The van der Waals surface area contributed by atoms with Crippen LogP contribution in [0.3, 0.4) is 0 Å². The van der Waals surface area contributed by atoms with Crippen molar-refractivity contribution in [2.75, 3.05) is 26.2 Å². The third-order valence-corrected chi connectivity index (χ3v) is 3.85. The number of carbonyl (C=O) groups is 2. The van der Waals surface area contributed by atoms with E-state index in [-0.39, 0.29) is 6.10 Å². The Morgan fingerprint density at radius 2 is 2.00 bits per heavy atom. The average molecular weight is 379 g/mol. The minimum absolute atomic E-state index is 0.0521. The maximum absolute atomic E-state index is 12.4. The van der Waals surface area contributed by atoms with Gasteiger partial charge < -0.3 is 15.2 Å². The predicted octanol–water partition coefficient (Wildman–Crippen LogP) is 1.52. The number of amides is 1. The first-order valence-electron chi connectivity index (χ1n) is 7.33. The van der Waals surface area contributed by atoms with Crippen molar-refractivity contribution in [1.29, 1.82) is 0 Å². The second kappa shape index (κ2) is 9.38. The SMILES string of the molecule is O=C(NCC1CN2CCCCC2CO1)C(F)Cl.O=C(O)C(F)(F)F. The second-order valence-corrected chi connectivity index (χ2v) is 5.83. The number of ether oxygens (including phenoxy) is 1. The summed E-state index contributed by atoms with van der Waals surface area (Å²) in [6.45, 7) is 2.94. The van der Waals surface area contributed by atoms with Crippen LogP contribution in [0.4, 0.5) is 17.6 Å². The van der Waals surface area contributed by atoms with E-state index < -0.39 is 23.7 Å². The molecule has 0 aromatic heterocycles. The molecular formula is C13H19ClF4N2O4. The van der Waals surface area contributed by atoms with Gasteiger partial charge in [0.2, 0.25) is 0 Å². The number of hydrogen-bond donors (Lipinski definition) is 2. The number of carboxylic acid groups (broad SMARTS) is 1. The van der Waals surface area contributed by atoms with Crippen LogP contribution in [0.1, 0.15) is 19.3 Å². The molecule has 0 bridgehead atoms. The monoisotopic (exact) mass is 378 g/mol. The third kappa shape index (κ3) is 7.18. The van der Waals surface area contributed by atoms with Crippen molar-refractivity contribution in [1.82, 2.24) is 10.2 Å². The van der Waals surface area contributed by atoms with Gasteiger partial charge in [-0.2, -0.15) is 13.2 Å². The fraction of sp³-hybridized carbons (Fsp3) is 0.846. The van der Waals surface area contributed by atoms with Crippen LogP contribution in [0.5, 0.6) is 0 Å². The van der Waals surface area contributed by atoms with Crippen molar-refractivity contribution in [3.63, 3.8) is 0 Å². The lowest BCUT2D eigenvalue weighted by Gasteiger charge is -2.42.